The minimum atomic E-state index is -4.36. The Balaban J connectivity index is 1.97. The third-order valence-corrected chi connectivity index (χ3v) is 2.90. The molecule has 0 radical (unpaired) electrons. The van der Waals surface area contributed by atoms with E-state index in [0.717, 1.165) is 12.1 Å². The number of rotatable bonds is 3. The highest BCUT2D eigenvalue weighted by molar-refractivity contribution is 6.48. The van der Waals surface area contributed by atoms with Gasteiger partial charge in [0.15, 0.2) is 5.78 Å². The molecule has 1 aliphatic carbocycles. The fourth-order valence-corrected chi connectivity index (χ4v) is 1.73. The van der Waals surface area contributed by atoms with E-state index in [1.54, 1.807) is 0 Å². The molecule has 3 nitrogen and oxygen atoms in total. The average molecular weight is 316 g/mol. The number of carbonyl (C=O) groups is 1. The van der Waals surface area contributed by atoms with E-state index in [-0.39, 0.29) is 23.1 Å². The van der Waals surface area contributed by atoms with Gasteiger partial charge in [0.25, 0.3) is 0 Å². The zero-order valence-electron chi connectivity index (χ0n) is 10.5. The predicted octanol–water partition coefficient (Wildman–Crippen LogP) is 3.84. The maximum absolute atomic E-state index is 12.4. The van der Waals surface area contributed by atoms with Crippen LogP contribution in [0.5, 0.6) is 0 Å². The highest BCUT2D eigenvalue weighted by Gasteiger charge is 2.29. The van der Waals surface area contributed by atoms with E-state index in [1.165, 1.54) is 30.4 Å². The standard InChI is InChI=1S/C14H9ClF3NO2/c15-12-7-11(20)5-6-13(12)19-21-8-9-1-3-10(4-2-9)14(16,17)18/h1-7H,8H2. The van der Waals surface area contributed by atoms with E-state index in [1.807, 2.05) is 0 Å². The van der Waals surface area contributed by atoms with Crippen LogP contribution in [0.2, 0.25) is 0 Å². The number of benzene rings is 1. The molecule has 0 bridgehead atoms. The van der Waals surface area contributed by atoms with E-state index in [4.69, 9.17) is 16.4 Å². The van der Waals surface area contributed by atoms with Crippen LogP contribution in [0.1, 0.15) is 11.1 Å². The number of carbonyl (C=O) groups excluding carboxylic acids is 1. The van der Waals surface area contributed by atoms with Gasteiger partial charge in [-0.3, -0.25) is 4.79 Å². The van der Waals surface area contributed by atoms with Gasteiger partial charge in [0.2, 0.25) is 0 Å². The summed E-state index contributed by atoms with van der Waals surface area (Å²) >= 11 is 5.78. The molecular weight excluding hydrogens is 307 g/mol. The summed E-state index contributed by atoms with van der Waals surface area (Å²) in [6, 6.07) is 4.55. The Hall–Kier alpha value is -2.08. The zero-order valence-corrected chi connectivity index (χ0v) is 11.3. The molecule has 1 aromatic rings. The number of hydrogen-bond acceptors (Lipinski definition) is 3. The van der Waals surface area contributed by atoms with Crippen molar-refractivity contribution in [2.24, 2.45) is 5.16 Å². The molecule has 0 heterocycles. The summed E-state index contributed by atoms with van der Waals surface area (Å²) in [6.07, 6.45) is -0.483. The van der Waals surface area contributed by atoms with Crippen molar-refractivity contribution in [3.8, 4) is 0 Å². The molecule has 0 fully saturated rings. The fourth-order valence-electron chi connectivity index (χ4n) is 1.53. The van der Waals surface area contributed by atoms with Gasteiger partial charge in [0, 0.05) is 6.08 Å². The molecule has 0 aliphatic heterocycles. The Bertz CT molecular complexity index is 631. The van der Waals surface area contributed by atoms with Crippen LogP contribution < -0.4 is 0 Å². The molecule has 0 aromatic heterocycles. The summed E-state index contributed by atoms with van der Waals surface area (Å²) in [5.74, 6) is -0.248. The number of oxime groups is 1. The van der Waals surface area contributed by atoms with E-state index in [0.29, 0.717) is 5.56 Å². The Kier molecular flexibility index (Phi) is 4.47. The maximum Gasteiger partial charge on any atom is 0.416 e. The summed E-state index contributed by atoms with van der Waals surface area (Å²) in [5.41, 5.74) is 0.0868. The number of halogens is 4. The van der Waals surface area contributed by atoms with Crippen LogP contribution in [0.15, 0.2) is 52.7 Å². The fraction of sp³-hybridized carbons (Fsp3) is 0.143. The minimum absolute atomic E-state index is 0.00636. The Morgan fingerprint density at radius 1 is 1.14 bits per heavy atom. The maximum atomic E-state index is 12.4. The number of alkyl halides is 3. The third-order valence-electron chi connectivity index (χ3n) is 2.59. The van der Waals surface area contributed by atoms with Crippen LogP contribution in [0.3, 0.4) is 0 Å². The summed E-state index contributed by atoms with van der Waals surface area (Å²) in [6.45, 7) is -0.00636. The van der Waals surface area contributed by atoms with Gasteiger partial charge >= 0.3 is 6.18 Å². The predicted molar refractivity (Wildman–Crippen MR) is 71.8 cm³/mol. The van der Waals surface area contributed by atoms with Gasteiger partial charge < -0.3 is 4.84 Å². The molecule has 110 valence electrons. The quantitative estimate of drug-likeness (QED) is 0.628. The average Bonchev–Trinajstić information content (AvgIpc) is 2.41. The number of ketones is 1. The second-order valence-electron chi connectivity index (χ2n) is 4.17. The molecule has 21 heavy (non-hydrogen) atoms. The third kappa shape index (κ3) is 4.19. The van der Waals surface area contributed by atoms with Crippen molar-refractivity contribution in [3.05, 3.63) is 58.7 Å². The Morgan fingerprint density at radius 2 is 1.81 bits per heavy atom. The van der Waals surface area contributed by atoms with Gasteiger partial charge in [-0.1, -0.05) is 28.9 Å². The van der Waals surface area contributed by atoms with Gasteiger partial charge in [-0.2, -0.15) is 13.2 Å². The molecule has 0 N–H and O–H groups in total. The molecule has 7 heteroatoms. The second-order valence-corrected chi connectivity index (χ2v) is 4.58. The van der Waals surface area contributed by atoms with Crippen LogP contribution in [0, 0.1) is 0 Å². The molecule has 2 rings (SSSR count). The molecule has 1 aliphatic rings. The lowest BCUT2D eigenvalue weighted by atomic mass is 10.1. The second kappa shape index (κ2) is 6.13. The largest absolute Gasteiger partial charge is 0.416 e. The van der Waals surface area contributed by atoms with Crippen molar-refractivity contribution < 1.29 is 22.8 Å². The SMILES string of the molecule is O=C1C=CC(=NOCc2ccc(C(F)(F)F)cc2)C(Cl)=C1. The van der Waals surface area contributed by atoms with Crippen LogP contribution >= 0.6 is 11.6 Å². The van der Waals surface area contributed by atoms with Gasteiger partial charge in [0.1, 0.15) is 12.3 Å². The van der Waals surface area contributed by atoms with Gasteiger partial charge in [0.05, 0.1) is 10.6 Å². The van der Waals surface area contributed by atoms with Gasteiger partial charge in [-0.05, 0) is 29.8 Å². The van der Waals surface area contributed by atoms with Crippen molar-refractivity contribution in [1.29, 1.82) is 0 Å². The van der Waals surface area contributed by atoms with E-state index >= 15 is 0 Å². The Labute approximate surface area is 123 Å². The molecule has 0 unspecified atom stereocenters. The normalized spacial score (nSPS) is 17.0. The van der Waals surface area contributed by atoms with Crippen molar-refractivity contribution in [2.45, 2.75) is 12.8 Å². The molecule has 0 saturated carbocycles. The number of nitrogens with zero attached hydrogens (tertiary/aromatic N) is 1. The van der Waals surface area contributed by atoms with Crippen molar-refractivity contribution in [1.82, 2.24) is 0 Å². The lowest BCUT2D eigenvalue weighted by Gasteiger charge is -2.07. The van der Waals surface area contributed by atoms with Crippen LogP contribution in [-0.4, -0.2) is 11.5 Å². The molecule has 0 saturated heterocycles. The summed E-state index contributed by atoms with van der Waals surface area (Å²) in [5, 5.41) is 3.87. The topological polar surface area (TPSA) is 38.7 Å². The molecule has 0 spiro atoms. The lowest BCUT2D eigenvalue weighted by molar-refractivity contribution is -0.137. The molecule has 0 atom stereocenters. The molecule has 1 aromatic carbocycles. The van der Waals surface area contributed by atoms with Crippen molar-refractivity contribution >= 4 is 23.1 Å². The van der Waals surface area contributed by atoms with Crippen LogP contribution in [0.4, 0.5) is 13.2 Å². The first-order valence-electron chi connectivity index (χ1n) is 5.82. The van der Waals surface area contributed by atoms with Gasteiger partial charge in [-0.25, -0.2) is 0 Å². The molecular formula is C14H9ClF3NO2. The Morgan fingerprint density at radius 3 is 2.38 bits per heavy atom. The monoisotopic (exact) mass is 315 g/mol. The first-order valence-corrected chi connectivity index (χ1v) is 6.20. The minimum Gasteiger partial charge on any atom is -0.390 e. The van der Waals surface area contributed by atoms with E-state index < -0.39 is 11.7 Å². The highest BCUT2D eigenvalue weighted by atomic mass is 35.5. The highest BCUT2D eigenvalue weighted by Crippen LogP contribution is 2.29. The summed E-state index contributed by atoms with van der Waals surface area (Å²) in [4.78, 5) is 16.0. The first-order chi connectivity index (χ1) is 9.86. The zero-order chi connectivity index (χ0) is 15.5. The van der Waals surface area contributed by atoms with Crippen LogP contribution in [0.25, 0.3) is 0 Å². The van der Waals surface area contributed by atoms with Crippen molar-refractivity contribution in [3.63, 3.8) is 0 Å². The lowest BCUT2D eigenvalue weighted by Crippen LogP contribution is -2.05. The first kappa shape index (κ1) is 15.3. The number of hydrogen-bond donors (Lipinski definition) is 0. The van der Waals surface area contributed by atoms with Gasteiger partial charge in [-0.15, -0.1) is 0 Å². The molecule has 0 amide bonds. The van der Waals surface area contributed by atoms with Crippen molar-refractivity contribution in [2.75, 3.05) is 0 Å². The smallest absolute Gasteiger partial charge is 0.390 e. The summed E-state index contributed by atoms with van der Waals surface area (Å²) in [7, 11) is 0. The van der Waals surface area contributed by atoms with Crippen LogP contribution in [-0.2, 0) is 22.4 Å². The van der Waals surface area contributed by atoms with E-state index in [9.17, 15) is 18.0 Å². The number of allylic oxidation sites excluding steroid dienone is 4. The summed E-state index contributed by atoms with van der Waals surface area (Å²) < 4.78 is 37.1. The van der Waals surface area contributed by atoms with E-state index in [2.05, 4.69) is 5.16 Å².